The molecule has 3 rings (SSSR count). The summed E-state index contributed by atoms with van der Waals surface area (Å²) in [6.07, 6.45) is 0.344. The average Bonchev–Trinajstić information content (AvgIpc) is 2.76. The van der Waals surface area contributed by atoms with Gasteiger partial charge in [0.25, 0.3) is 0 Å². The van der Waals surface area contributed by atoms with Gasteiger partial charge in [0.05, 0.1) is 11.8 Å². The van der Waals surface area contributed by atoms with Gasteiger partial charge in [-0.25, -0.2) is 0 Å². The summed E-state index contributed by atoms with van der Waals surface area (Å²) in [4.78, 5) is 11.4. The number of amides is 1. The summed E-state index contributed by atoms with van der Waals surface area (Å²) >= 11 is 22.4. The minimum absolute atomic E-state index is 0.0361. The Morgan fingerprint density at radius 3 is 2.52 bits per heavy atom. The predicted molar refractivity (Wildman–Crippen MR) is 90.6 cm³/mol. The van der Waals surface area contributed by atoms with E-state index in [4.69, 9.17) is 34.8 Å². The maximum Gasteiger partial charge on any atom is 0.228 e. The molecule has 0 saturated carbocycles. The highest BCUT2D eigenvalue weighted by Gasteiger charge is 2.23. The van der Waals surface area contributed by atoms with Crippen molar-refractivity contribution in [2.45, 2.75) is 11.8 Å². The Morgan fingerprint density at radius 2 is 1.81 bits per heavy atom. The summed E-state index contributed by atoms with van der Waals surface area (Å²) in [6.45, 7) is 0. The van der Waals surface area contributed by atoms with E-state index in [1.165, 1.54) is 0 Å². The molecule has 6 heteroatoms. The largest absolute Gasteiger partial charge is 0.325 e. The van der Waals surface area contributed by atoms with E-state index >= 15 is 0 Å². The Morgan fingerprint density at radius 1 is 1.10 bits per heavy atom. The maximum atomic E-state index is 11.4. The Labute approximate surface area is 145 Å². The Hall–Kier alpha value is -0.740. The zero-order valence-electron chi connectivity index (χ0n) is 10.6. The Balaban J connectivity index is 2.04. The number of carbonyl (C=O) groups is 1. The summed E-state index contributed by atoms with van der Waals surface area (Å²) in [5.74, 6) is -0.0361. The van der Waals surface area contributed by atoms with Crippen molar-refractivity contribution in [2.75, 3.05) is 5.32 Å². The van der Waals surface area contributed by atoms with Crippen LogP contribution in [0.2, 0.25) is 10.0 Å². The molecular weight excluding hydrogens is 396 g/mol. The van der Waals surface area contributed by atoms with Crippen LogP contribution in [0.15, 0.2) is 34.8 Å². The van der Waals surface area contributed by atoms with E-state index < -0.39 is 5.38 Å². The van der Waals surface area contributed by atoms with E-state index in [2.05, 4.69) is 21.2 Å². The standard InChI is InChI=1S/C15H9BrCl3NO/c16-8-1-2-9(11(17)5-8)15(19)10-3-7-4-14(21)20-13(7)6-12(10)18/h1-3,5-6,15H,4H2,(H,20,21). The molecule has 1 aliphatic rings. The normalized spacial score (nSPS) is 14.8. The van der Waals surface area contributed by atoms with E-state index in [0.717, 1.165) is 26.9 Å². The van der Waals surface area contributed by atoms with Gasteiger partial charge < -0.3 is 5.32 Å². The van der Waals surface area contributed by atoms with E-state index in [-0.39, 0.29) is 5.91 Å². The molecule has 0 aliphatic carbocycles. The van der Waals surface area contributed by atoms with Crippen molar-refractivity contribution in [2.24, 2.45) is 0 Å². The molecule has 0 fully saturated rings. The highest BCUT2D eigenvalue weighted by Crippen LogP contribution is 2.40. The number of halogens is 4. The first-order chi connectivity index (χ1) is 9.95. The van der Waals surface area contributed by atoms with Crippen LogP contribution >= 0.6 is 50.7 Å². The molecule has 21 heavy (non-hydrogen) atoms. The quantitative estimate of drug-likeness (QED) is 0.650. The first kappa shape index (κ1) is 15.2. The van der Waals surface area contributed by atoms with Crippen LogP contribution < -0.4 is 5.32 Å². The molecule has 108 valence electrons. The number of alkyl halides is 1. The van der Waals surface area contributed by atoms with Gasteiger partial charge in [-0.2, -0.15) is 0 Å². The van der Waals surface area contributed by atoms with Crippen molar-refractivity contribution in [3.05, 3.63) is 61.5 Å². The van der Waals surface area contributed by atoms with Crippen molar-refractivity contribution in [3.8, 4) is 0 Å². The third-order valence-corrected chi connectivity index (χ3v) is 4.97. The van der Waals surface area contributed by atoms with Crippen LogP contribution in [0.1, 0.15) is 22.1 Å². The minimum atomic E-state index is -0.473. The molecule has 1 atom stereocenters. The summed E-state index contributed by atoms with van der Waals surface area (Å²) in [5, 5.41) is 3.37. The van der Waals surface area contributed by atoms with Gasteiger partial charge in [0.15, 0.2) is 0 Å². The molecule has 0 spiro atoms. The number of carbonyl (C=O) groups excluding carboxylic acids is 1. The van der Waals surface area contributed by atoms with E-state index in [9.17, 15) is 4.79 Å². The molecule has 1 heterocycles. The number of nitrogens with one attached hydrogen (secondary N) is 1. The monoisotopic (exact) mass is 403 g/mol. The van der Waals surface area contributed by atoms with Gasteiger partial charge in [0.1, 0.15) is 0 Å². The van der Waals surface area contributed by atoms with Crippen LogP contribution in [-0.4, -0.2) is 5.91 Å². The molecule has 0 aromatic heterocycles. The van der Waals surface area contributed by atoms with Crippen LogP contribution in [-0.2, 0) is 11.2 Å². The second-order valence-corrected chi connectivity index (χ2v) is 6.95. The van der Waals surface area contributed by atoms with E-state index in [0.29, 0.717) is 16.5 Å². The van der Waals surface area contributed by atoms with Crippen LogP contribution in [0.4, 0.5) is 5.69 Å². The van der Waals surface area contributed by atoms with Gasteiger partial charge in [-0.15, -0.1) is 11.6 Å². The van der Waals surface area contributed by atoms with Crippen LogP contribution in [0.5, 0.6) is 0 Å². The summed E-state index contributed by atoms with van der Waals surface area (Å²) < 4.78 is 0.884. The first-order valence-corrected chi connectivity index (χ1v) is 8.15. The van der Waals surface area contributed by atoms with Crippen LogP contribution in [0.25, 0.3) is 0 Å². The topological polar surface area (TPSA) is 29.1 Å². The lowest BCUT2D eigenvalue weighted by atomic mass is 10.0. The maximum absolute atomic E-state index is 11.4. The van der Waals surface area contributed by atoms with Crippen LogP contribution in [0.3, 0.4) is 0 Å². The summed E-state index contributed by atoms with van der Waals surface area (Å²) in [7, 11) is 0. The fourth-order valence-electron chi connectivity index (χ4n) is 2.34. The lowest BCUT2D eigenvalue weighted by Crippen LogP contribution is -2.03. The Kier molecular flexibility index (Phi) is 4.19. The Bertz CT molecular complexity index is 748. The van der Waals surface area contributed by atoms with E-state index in [1.54, 1.807) is 12.1 Å². The van der Waals surface area contributed by atoms with E-state index in [1.807, 2.05) is 18.2 Å². The summed E-state index contributed by atoms with van der Waals surface area (Å²) in [6, 6.07) is 9.13. The van der Waals surface area contributed by atoms with Gasteiger partial charge >= 0.3 is 0 Å². The third kappa shape index (κ3) is 2.93. The third-order valence-electron chi connectivity index (χ3n) is 3.36. The second kappa shape index (κ2) is 5.81. The number of fused-ring (bicyclic) bond motifs is 1. The van der Waals surface area contributed by atoms with Crippen molar-refractivity contribution >= 4 is 62.3 Å². The molecule has 1 amide bonds. The zero-order chi connectivity index (χ0) is 15.1. The second-order valence-electron chi connectivity index (χ2n) is 4.78. The SMILES string of the molecule is O=C1Cc2cc(C(Cl)c3ccc(Br)cc3Cl)c(Cl)cc2N1. The van der Waals surface area contributed by atoms with Gasteiger partial charge in [0, 0.05) is 20.2 Å². The molecule has 0 bridgehead atoms. The van der Waals surface area contributed by atoms with Crippen molar-refractivity contribution in [3.63, 3.8) is 0 Å². The summed E-state index contributed by atoms with van der Waals surface area (Å²) in [5.41, 5.74) is 3.18. The molecule has 2 nitrogen and oxygen atoms in total. The molecule has 1 aliphatic heterocycles. The van der Waals surface area contributed by atoms with Gasteiger partial charge in [-0.3, -0.25) is 4.79 Å². The van der Waals surface area contributed by atoms with Crippen molar-refractivity contribution in [1.29, 1.82) is 0 Å². The number of benzene rings is 2. The fraction of sp³-hybridized carbons (Fsp3) is 0.133. The highest BCUT2D eigenvalue weighted by molar-refractivity contribution is 9.10. The number of anilines is 1. The zero-order valence-corrected chi connectivity index (χ0v) is 14.4. The predicted octanol–water partition coefficient (Wildman–Crippen LogP) is 5.58. The first-order valence-electron chi connectivity index (χ1n) is 6.17. The van der Waals surface area contributed by atoms with Crippen molar-refractivity contribution < 1.29 is 4.79 Å². The highest BCUT2D eigenvalue weighted by atomic mass is 79.9. The van der Waals surface area contributed by atoms with Gasteiger partial charge in [-0.1, -0.05) is 45.2 Å². The minimum Gasteiger partial charge on any atom is -0.325 e. The molecule has 2 aromatic carbocycles. The molecule has 0 saturated heterocycles. The molecule has 2 aromatic rings. The molecule has 1 unspecified atom stereocenters. The number of rotatable bonds is 2. The lowest BCUT2D eigenvalue weighted by molar-refractivity contribution is -0.115. The average molecular weight is 406 g/mol. The van der Waals surface area contributed by atoms with Crippen LogP contribution in [0, 0.1) is 0 Å². The van der Waals surface area contributed by atoms with Gasteiger partial charge in [-0.05, 0) is 41.0 Å². The fourth-order valence-corrected chi connectivity index (χ4v) is 3.87. The smallest absolute Gasteiger partial charge is 0.228 e. The lowest BCUT2D eigenvalue weighted by Gasteiger charge is -2.15. The molecular formula is C15H9BrCl3NO. The molecule has 0 radical (unpaired) electrons. The number of hydrogen-bond acceptors (Lipinski definition) is 1. The molecule has 1 N–H and O–H groups in total. The number of hydrogen-bond donors (Lipinski definition) is 1. The van der Waals surface area contributed by atoms with Gasteiger partial charge in [0.2, 0.25) is 5.91 Å². The van der Waals surface area contributed by atoms with Crippen molar-refractivity contribution in [1.82, 2.24) is 0 Å².